The predicted molar refractivity (Wildman–Crippen MR) is 65.4 cm³/mol. The molecule has 1 saturated carbocycles. The van der Waals surface area contributed by atoms with E-state index in [0.717, 1.165) is 13.0 Å². The maximum Gasteiger partial charge on any atom is 0.341 e. The molecule has 94 valence electrons. The standard InChI is InChI=1S/C12H19N3O2/c1-4-12(5-6-12)7-13-10-9(11(16)17)8(2)14-15(10)3/h13H,4-7H2,1-3H3,(H,16,17). The summed E-state index contributed by atoms with van der Waals surface area (Å²) in [7, 11) is 1.77. The van der Waals surface area contributed by atoms with Crippen LogP contribution in [0.3, 0.4) is 0 Å². The molecule has 1 aromatic heterocycles. The maximum atomic E-state index is 11.2. The van der Waals surface area contributed by atoms with Crippen LogP contribution in [0.1, 0.15) is 42.2 Å². The zero-order chi connectivity index (χ0) is 12.6. The summed E-state index contributed by atoms with van der Waals surface area (Å²) in [6.45, 7) is 4.74. The molecule has 1 aromatic rings. The fourth-order valence-corrected chi connectivity index (χ4v) is 2.22. The van der Waals surface area contributed by atoms with Crippen LogP contribution in [0.5, 0.6) is 0 Å². The van der Waals surface area contributed by atoms with Crippen LogP contribution in [0.2, 0.25) is 0 Å². The highest BCUT2D eigenvalue weighted by Crippen LogP contribution is 2.48. The summed E-state index contributed by atoms with van der Waals surface area (Å²) in [5.74, 6) is -0.297. The molecule has 1 fully saturated rings. The Kier molecular flexibility index (Phi) is 2.85. The quantitative estimate of drug-likeness (QED) is 0.822. The van der Waals surface area contributed by atoms with Crippen LogP contribution in [-0.4, -0.2) is 27.4 Å². The molecule has 0 saturated heterocycles. The van der Waals surface area contributed by atoms with Crippen molar-refractivity contribution in [1.82, 2.24) is 9.78 Å². The predicted octanol–water partition coefficient (Wildman–Crippen LogP) is 2.03. The molecule has 0 amide bonds. The second kappa shape index (κ2) is 4.05. The van der Waals surface area contributed by atoms with Crippen LogP contribution in [0.25, 0.3) is 0 Å². The Bertz CT molecular complexity index is 447. The number of carboxylic acid groups (broad SMARTS) is 1. The molecular formula is C12H19N3O2. The lowest BCUT2D eigenvalue weighted by Gasteiger charge is -2.15. The van der Waals surface area contributed by atoms with E-state index in [1.165, 1.54) is 12.8 Å². The summed E-state index contributed by atoms with van der Waals surface area (Å²) in [6.07, 6.45) is 3.60. The summed E-state index contributed by atoms with van der Waals surface area (Å²) in [6, 6.07) is 0. The number of anilines is 1. The fraction of sp³-hybridized carbons (Fsp3) is 0.667. The normalized spacial score (nSPS) is 16.9. The maximum absolute atomic E-state index is 11.2. The molecule has 2 N–H and O–H groups in total. The molecule has 0 radical (unpaired) electrons. The Morgan fingerprint density at radius 3 is 2.71 bits per heavy atom. The minimum Gasteiger partial charge on any atom is -0.477 e. The molecule has 0 atom stereocenters. The van der Waals surface area contributed by atoms with Gasteiger partial charge in [-0.05, 0) is 31.6 Å². The van der Waals surface area contributed by atoms with Gasteiger partial charge in [0.1, 0.15) is 11.4 Å². The molecule has 0 spiro atoms. The molecule has 17 heavy (non-hydrogen) atoms. The second-order valence-corrected chi connectivity index (χ2v) is 4.94. The molecule has 0 aromatic carbocycles. The van der Waals surface area contributed by atoms with E-state index in [0.29, 0.717) is 22.5 Å². The molecule has 0 aliphatic heterocycles. The third kappa shape index (κ3) is 2.14. The van der Waals surface area contributed by atoms with Crippen molar-refractivity contribution in [1.29, 1.82) is 0 Å². The first-order chi connectivity index (χ1) is 7.99. The van der Waals surface area contributed by atoms with Gasteiger partial charge < -0.3 is 10.4 Å². The SMILES string of the molecule is CCC1(CNc2c(C(=O)O)c(C)nn2C)CC1. The van der Waals surface area contributed by atoms with E-state index >= 15 is 0 Å². The number of carbonyl (C=O) groups is 1. The van der Waals surface area contributed by atoms with Crippen molar-refractivity contribution in [2.45, 2.75) is 33.1 Å². The van der Waals surface area contributed by atoms with Crippen LogP contribution in [0.4, 0.5) is 5.82 Å². The zero-order valence-corrected chi connectivity index (χ0v) is 10.6. The Balaban J connectivity index is 2.17. The van der Waals surface area contributed by atoms with E-state index in [9.17, 15) is 4.79 Å². The van der Waals surface area contributed by atoms with E-state index in [1.807, 2.05) is 0 Å². The second-order valence-electron chi connectivity index (χ2n) is 4.94. The third-order valence-corrected chi connectivity index (χ3v) is 3.77. The van der Waals surface area contributed by atoms with Crippen LogP contribution >= 0.6 is 0 Å². The first-order valence-electron chi connectivity index (χ1n) is 6.00. The van der Waals surface area contributed by atoms with Crippen LogP contribution in [-0.2, 0) is 7.05 Å². The Hall–Kier alpha value is -1.52. The summed E-state index contributed by atoms with van der Waals surface area (Å²) >= 11 is 0. The Morgan fingerprint density at radius 1 is 1.59 bits per heavy atom. The number of hydrogen-bond acceptors (Lipinski definition) is 3. The van der Waals surface area contributed by atoms with Gasteiger partial charge in [-0.15, -0.1) is 0 Å². The van der Waals surface area contributed by atoms with Crippen molar-refractivity contribution in [2.75, 3.05) is 11.9 Å². The van der Waals surface area contributed by atoms with Crippen LogP contribution in [0.15, 0.2) is 0 Å². The largest absolute Gasteiger partial charge is 0.477 e. The minimum atomic E-state index is -0.917. The van der Waals surface area contributed by atoms with Crippen molar-refractivity contribution in [3.8, 4) is 0 Å². The summed E-state index contributed by atoms with van der Waals surface area (Å²) in [5.41, 5.74) is 1.23. The van der Waals surface area contributed by atoms with Gasteiger partial charge in [0.2, 0.25) is 0 Å². The number of aromatic carboxylic acids is 1. The molecule has 1 heterocycles. The lowest BCUT2D eigenvalue weighted by Crippen LogP contribution is -2.18. The van der Waals surface area contributed by atoms with Gasteiger partial charge in [0.25, 0.3) is 0 Å². The molecule has 5 heteroatoms. The number of nitrogens with zero attached hydrogens (tertiary/aromatic N) is 2. The van der Waals surface area contributed by atoms with E-state index in [4.69, 9.17) is 5.11 Å². The first kappa shape index (κ1) is 12.0. The van der Waals surface area contributed by atoms with Crippen molar-refractivity contribution in [3.63, 3.8) is 0 Å². The minimum absolute atomic E-state index is 0.291. The molecule has 0 bridgehead atoms. The van der Waals surface area contributed by atoms with Crippen molar-refractivity contribution in [3.05, 3.63) is 11.3 Å². The van der Waals surface area contributed by atoms with E-state index in [-0.39, 0.29) is 0 Å². The van der Waals surface area contributed by atoms with Crippen molar-refractivity contribution >= 4 is 11.8 Å². The van der Waals surface area contributed by atoms with Crippen molar-refractivity contribution in [2.24, 2.45) is 12.5 Å². The average molecular weight is 237 g/mol. The summed E-state index contributed by atoms with van der Waals surface area (Å²) in [5, 5.41) is 16.6. The number of aromatic nitrogens is 2. The highest BCUT2D eigenvalue weighted by molar-refractivity contribution is 5.94. The molecule has 5 nitrogen and oxygen atoms in total. The highest BCUT2D eigenvalue weighted by atomic mass is 16.4. The van der Waals surface area contributed by atoms with Gasteiger partial charge in [0.15, 0.2) is 0 Å². The van der Waals surface area contributed by atoms with Gasteiger partial charge in [-0.3, -0.25) is 4.68 Å². The Morgan fingerprint density at radius 2 is 2.24 bits per heavy atom. The molecular weight excluding hydrogens is 218 g/mol. The number of rotatable bonds is 5. The topological polar surface area (TPSA) is 67.2 Å². The highest BCUT2D eigenvalue weighted by Gasteiger charge is 2.40. The zero-order valence-electron chi connectivity index (χ0n) is 10.6. The number of aryl methyl sites for hydroxylation is 2. The van der Waals surface area contributed by atoms with E-state index in [1.54, 1.807) is 18.7 Å². The fourth-order valence-electron chi connectivity index (χ4n) is 2.22. The lowest BCUT2D eigenvalue weighted by atomic mass is 10.0. The monoisotopic (exact) mass is 237 g/mol. The summed E-state index contributed by atoms with van der Waals surface area (Å²) in [4.78, 5) is 11.2. The van der Waals surface area contributed by atoms with Gasteiger partial charge >= 0.3 is 5.97 Å². The smallest absolute Gasteiger partial charge is 0.341 e. The summed E-state index contributed by atoms with van der Waals surface area (Å²) < 4.78 is 1.62. The number of carboxylic acids is 1. The lowest BCUT2D eigenvalue weighted by molar-refractivity contribution is 0.0697. The third-order valence-electron chi connectivity index (χ3n) is 3.77. The first-order valence-corrected chi connectivity index (χ1v) is 6.00. The van der Waals surface area contributed by atoms with Gasteiger partial charge in [0, 0.05) is 13.6 Å². The number of hydrogen-bond donors (Lipinski definition) is 2. The molecule has 1 aliphatic rings. The van der Waals surface area contributed by atoms with Crippen LogP contribution in [0, 0.1) is 12.3 Å². The van der Waals surface area contributed by atoms with E-state index < -0.39 is 5.97 Å². The van der Waals surface area contributed by atoms with E-state index in [2.05, 4.69) is 17.3 Å². The molecule has 0 unspecified atom stereocenters. The molecule has 2 rings (SSSR count). The number of nitrogens with one attached hydrogen (secondary N) is 1. The van der Waals surface area contributed by atoms with Gasteiger partial charge in [-0.25, -0.2) is 4.79 Å². The van der Waals surface area contributed by atoms with Gasteiger partial charge in [-0.2, -0.15) is 5.10 Å². The van der Waals surface area contributed by atoms with Gasteiger partial charge in [0.05, 0.1) is 5.69 Å². The van der Waals surface area contributed by atoms with Gasteiger partial charge in [-0.1, -0.05) is 6.92 Å². The van der Waals surface area contributed by atoms with Crippen molar-refractivity contribution < 1.29 is 9.90 Å². The average Bonchev–Trinajstić information content (AvgIpc) is 2.97. The van der Waals surface area contributed by atoms with Crippen LogP contribution < -0.4 is 5.32 Å². The molecule has 1 aliphatic carbocycles. The Labute approximate surface area is 101 Å².